The molecule has 2 rings (SSSR count). The van der Waals surface area contributed by atoms with Crippen molar-refractivity contribution in [3.05, 3.63) is 59.2 Å². The minimum atomic E-state index is -0.898. The van der Waals surface area contributed by atoms with Crippen LogP contribution in [0.25, 0.3) is 0 Å². The van der Waals surface area contributed by atoms with E-state index in [1.165, 1.54) is 6.07 Å². The topological polar surface area (TPSA) is 55.1 Å². The number of amides is 1. The van der Waals surface area contributed by atoms with Gasteiger partial charge in [0.05, 0.1) is 0 Å². The van der Waals surface area contributed by atoms with E-state index in [1.807, 2.05) is 0 Å². The van der Waals surface area contributed by atoms with Crippen molar-refractivity contribution in [1.82, 2.24) is 0 Å². The van der Waals surface area contributed by atoms with Crippen LogP contribution < -0.4 is 11.1 Å². The van der Waals surface area contributed by atoms with Crippen LogP contribution in [0.5, 0.6) is 0 Å². The lowest BCUT2D eigenvalue weighted by atomic mass is 10.1. The van der Waals surface area contributed by atoms with Gasteiger partial charge in [0.25, 0.3) is 5.91 Å². The number of halogens is 2. The van der Waals surface area contributed by atoms with Gasteiger partial charge >= 0.3 is 0 Å². The number of hydrogen-bond acceptors (Lipinski definition) is 2. The Hall–Kier alpha value is -2.43. The molecule has 19 heavy (non-hydrogen) atoms. The molecular formula is C14H12F2N2O. The third-order valence-corrected chi connectivity index (χ3v) is 2.69. The van der Waals surface area contributed by atoms with Gasteiger partial charge in [0, 0.05) is 11.4 Å². The molecule has 2 aromatic rings. The lowest BCUT2D eigenvalue weighted by Gasteiger charge is -2.10. The zero-order valence-corrected chi connectivity index (χ0v) is 10.2. The summed E-state index contributed by atoms with van der Waals surface area (Å²) < 4.78 is 26.9. The summed E-state index contributed by atoms with van der Waals surface area (Å²) >= 11 is 0. The van der Waals surface area contributed by atoms with Crippen molar-refractivity contribution in [2.75, 3.05) is 11.1 Å². The third kappa shape index (κ3) is 2.70. The molecule has 5 heteroatoms. The lowest BCUT2D eigenvalue weighted by molar-refractivity contribution is 0.101. The van der Waals surface area contributed by atoms with E-state index >= 15 is 0 Å². The SMILES string of the molecule is Cc1cc(N)ccc1NC(=O)c1c(F)cccc1F. The van der Waals surface area contributed by atoms with E-state index in [-0.39, 0.29) is 0 Å². The van der Waals surface area contributed by atoms with E-state index in [0.717, 1.165) is 12.1 Å². The summed E-state index contributed by atoms with van der Waals surface area (Å²) in [5, 5.41) is 2.46. The standard InChI is InChI=1S/C14H12F2N2O/c1-8-7-9(17)5-6-12(8)18-14(19)13-10(15)3-2-4-11(13)16/h2-7H,17H2,1H3,(H,18,19). The number of nitrogens with two attached hydrogens (primary N) is 1. The molecule has 0 bridgehead atoms. The number of benzene rings is 2. The number of nitrogens with one attached hydrogen (secondary N) is 1. The Kier molecular flexibility index (Phi) is 3.46. The number of carbonyl (C=O) groups is 1. The zero-order valence-electron chi connectivity index (χ0n) is 10.2. The van der Waals surface area contributed by atoms with Gasteiger partial charge in [0.2, 0.25) is 0 Å². The summed E-state index contributed by atoms with van der Waals surface area (Å²) in [5.74, 6) is -2.63. The first-order valence-electron chi connectivity index (χ1n) is 5.60. The highest BCUT2D eigenvalue weighted by atomic mass is 19.1. The molecule has 0 saturated heterocycles. The van der Waals surface area contributed by atoms with Crippen molar-refractivity contribution in [2.45, 2.75) is 6.92 Å². The molecule has 0 spiro atoms. The average Bonchev–Trinajstić information content (AvgIpc) is 2.32. The molecule has 0 fully saturated rings. The average molecular weight is 262 g/mol. The van der Waals surface area contributed by atoms with Crippen LogP contribution in [0.1, 0.15) is 15.9 Å². The molecule has 3 nitrogen and oxygen atoms in total. The number of hydrogen-bond donors (Lipinski definition) is 2. The van der Waals surface area contributed by atoms with Crippen LogP contribution in [-0.2, 0) is 0 Å². The molecule has 0 aliphatic heterocycles. The largest absolute Gasteiger partial charge is 0.399 e. The highest BCUT2D eigenvalue weighted by Crippen LogP contribution is 2.20. The first kappa shape index (κ1) is 13.0. The van der Waals surface area contributed by atoms with Crippen LogP contribution in [0.15, 0.2) is 36.4 Å². The molecular weight excluding hydrogens is 250 g/mol. The van der Waals surface area contributed by atoms with Crippen LogP contribution in [0.2, 0.25) is 0 Å². The molecule has 0 aliphatic rings. The summed E-state index contributed by atoms with van der Waals surface area (Å²) in [7, 11) is 0. The normalized spacial score (nSPS) is 10.3. The molecule has 0 aliphatic carbocycles. The monoisotopic (exact) mass is 262 g/mol. The van der Waals surface area contributed by atoms with Crippen LogP contribution >= 0.6 is 0 Å². The van der Waals surface area contributed by atoms with Crippen molar-refractivity contribution in [2.24, 2.45) is 0 Å². The Labute approximate surface area is 109 Å². The highest BCUT2D eigenvalue weighted by molar-refractivity contribution is 6.05. The van der Waals surface area contributed by atoms with Gasteiger partial charge in [0.15, 0.2) is 0 Å². The fraction of sp³-hybridized carbons (Fsp3) is 0.0714. The van der Waals surface area contributed by atoms with E-state index in [2.05, 4.69) is 5.32 Å². The second-order valence-electron chi connectivity index (χ2n) is 4.13. The highest BCUT2D eigenvalue weighted by Gasteiger charge is 2.17. The van der Waals surface area contributed by atoms with Gasteiger partial charge in [-0.15, -0.1) is 0 Å². The molecule has 0 saturated carbocycles. The molecule has 0 aromatic heterocycles. The minimum absolute atomic E-state index is 0.460. The summed E-state index contributed by atoms with van der Waals surface area (Å²) in [6, 6.07) is 8.12. The number of rotatable bonds is 2. The molecule has 1 amide bonds. The third-order valence-electron chi connectivity index (χ3n) is 2.69. The smallest absolute Gasteiger partial charge is 0.261 e. The maximum Gasteiger partial charge on any atom is 0.261 e. The minimum Gasteiger partial charge on any atom is -0.399 e. The van der Waals surface area contributed by atoms with Crippen molar-refractivity contribution < 1.29 is 13.6 Å². The molecule has 0 radical (unpaired) electrons. The Morgan fingerprint density at radius 2 is 1.79 bits per heavy atom. The zero-order chi connectivity index (χ0) is 14.0. The van der Waals surface area contributed by atoms with Gasteiger partial charge in [-0.3, -0.25) is 4.79 Å². The van der Waals surface area contributed by atoms with Crippen LogP contribution in [0.4, 0.5) is 20.2 Å². The lowest BCUT2D eigenvalue weighted by Crippen LogP contribution is -2.16. The van der Waals surface area contributed by atoms with Crippen LogP contribution in [0, 0.1) is 18.6 Å². The van der Waals surface area contributed by atoms with Gasteiger partial charge < -0.3 is 11.1 Å². The molecule has 0 atom stereocenters. The van der Waals surface area contributed by atoms with Crippen molar-refractivity contribution >= 4 is 17.3 Å². The summed E-state index contributed by atoms with van der Waals surface area (Å²) in [4.78, 5) is 11.9. The van der Waals surface area contributed by atoms with E-state index < -0.39 is 23.1 Å². The predicted molar refractivity (Wildman–Crippen MR) is 69.9 cm³/mol. The first-order valence-corrected chi connectivity index (χ1v) is 5.60. The van der Waals surface area contributed by atoms with Gasteiger partial charge in [-0.05, 0) is 42.8 Å². The quantitative estimate of drug-likeness (QED) is 0.817. The number of aryl methyl sites for hydroxylation is 1. The Bertz CT molecular complexity index is 621. The number of carbonyl (C=O) groups excluding carboxylic acids is 1. The van der Waals surface area contributed by atoms with Crippen LogP contribution in [-0.4, -0.2) is 5.91 Å². The Morgan fingerprint density at radius 1 is 1.16 bits per heavy atom. The molecule has 98 valence electrons. The molecule has 0 unspecified atom stereocenters. The predicted octanol–water partition coefficient (Wildman–Crippen LogP) is 3.11. The molecule has 0 heterocycles. The molecule has 3 N–H and O–H groups in total. The van der Waals surface area contributed by atoms with Gasteiger partial charge in [-0.25, -0.2) is 8.78 Å². The number of anilines is 2. The van der Waals surface area contributed by atoms with E-state index in [9.17, 15) is 13.6 Å². The molecule has 2 aromatic carbocycles. The maximum absolute atomic E-state index is 13.4. The Morgan fingerprint density at radius 3 is 2.37 bits per heavy atom. The second-order valence-corrected chi connectivity index (χ2v) is 4.13. The fourth-order valence-electron chi connectivity index (χ4n) is 1.73. The van der Waals surface area contributed by atoms with Gasteiger partial charge in [-0.1, -0.05) is 6.07 Å². The van der Waals surface area contributed by atoms with Gasteiger partial charge in [-0.2, -0.15) is 0 Å². The van der Waals surface area contributed by atoms with Crippen LogP contribution in [0.3, 0.4) is 0 Å². The van der Waals surface area contributed by atoms with Crippen molar-refractivity contribution in [1.29, 1.82) is 0 Å². The second kappa shape index (κ2) is 5.06. The van der Waals surface area contributed by atoms with Crippen molar-refractivity contribution in [3.63, 3.8) is 0 Å². The summed E-state index contributed by atoms with van der Waals surface area (Å²) in [5.41, 5.74) is 6.71. The van der Waals surface area contributed by atoms with E-state index in [4.69, 9.17) is 5.73 Å². The summed E-state index contributed by atoms with van der Waals surface area (Å²) in [6.45, 7) is 1.74. The summed E-state index contributed by atoms with van der Waals surface area (Å²) in [6.07, 6.45) is 0. The fourth-order valence-corrected chi connectivity index (χ4v) is 1.73. The van der Waals surface area contributed by atoms with E-state index in [1.54, 1.807) is 25.1 Å². The maximum atomic E-state index is 13.4. The van der Waals surface area contributed by atoms with E-state index in [0.29, 0.717) is 16.9 Å². The Balaban J connectivity index is 2.31. The number of nitrogen functional groups attached to an aromatic ring is 1. The first-order chi connectivity index (χ1) is 8.99. The van der Waals surface area contributed by atoms with Crippen molar-refractivity contribution in [3.8, 4) is 0 Å². The van der Waals surface area contributed by atoms with Gasteiger partial charge in [0.1, 0.15) is 17.2 Å².